The number of halogens is 1. The fourth-order valence-corrected chi connectivity index (χ4v) is 5.01. The summed E-state index contributed by atoms with van der Waals surface area (Å²) in [6.45, 7) is 1.49. The van der Waals surface area contributed by atoms with Gasteiger partial charge in [-0.25, -0.2) is 18.2 Å². The first-order valence-corrected chi connectivity index (χ1v) is 13.2. The molecule has 0 aliphatic carbocycles. The van der Waals surface area contributed by atoms with Gasteiger partial charge in [0.15, 0.2) is 0 Å². The molecule has 9 heteroatoms. The Labute approximate surface area is 221 Å². The lowest BCUT2D eigenvalue weighted by Crippen LogP contribution is -2.40. The van der Waals surface area contributed by atoms with Crippen molar-refractivity contribution in [3.05, 3.63) is 126 Å². The van der Waals surface area contributed by atoms with E-state index in [1.165, 1.54) is 36.5 Å². The van der Waals surface area contributed by atoms with Crippen LogP contribution in [0.2, 0.25) is 0 Å². The molecular weight excluding hydrogens is 505 g/mol. The Morgan fingerprint density at radius 1 is 0.921 bits per heavy atom. The minimum Gasteiger partial charge on any atom is -0.488 e. The maximum atomic E-state index is 14.6. The third-order valence-corrected chi connectivity index (χ3v) is 7.34. The van der Waals surface area contributed by atoms with E-state index in [0.717, 1.165) is 21.5 Å². The first-order chi connectivity index (χ1) is 18.3. The minimum absolute atomic E-state index is 0.0628. The van der Waals surface area contributed by atoms with E-state index in [9.17, 15) is 17.6 Å². The van der Waals surface area contributed by atoms with Crippen molar-refractivity contribution in [2.24, 2.45) is 5.10 Å². The number of sulfonamides is 1. The van der Waals surface area contributed by atoms with E-state index < -0.39 is 28.3 Å². The van der Waals surface area contributed by atoms with Crippen LogP contribution >= 0.6 is 0 Å². The van der Waals surface area contributed by atoms with E-state index in [-0.39, 0.29) is 10.6 Å². The predicted molar refractivity (Wildman–Crippen MR) is 145 cm³/mol. The Kier molecular flexibility index (Phi) is 8.50. The zero-order valence-electron chi connectivity index (χ0n) is 20.6. The van der Waals surface area contributed by atoms with Crippen LogP contribution in [-0.2, 0) is 21.4 Å². The molecule has 0 atom stereocenters. The van der Waals surface area contributed by atoms with Crippen molar-refractivity contribution in [3.63, 3.8) is 0 Å². The first kappa shape index (κ1) is 26.6. The Morgan fingerprint density at radius 2 is 1.58 bits per heavy atom. The monoisotopic (exact) mass is 531 g/mol. The molecule has 0 aliphatic heterocycles. The molecular formula is C29H26FN3O4S. The number of carbonyl (C=O) groups is 1. The maximum absolute atomic E-state index is 14.6. The summed E-state index contributed by atoms with van der Waals surface area (Å²) >= 11 is 0. The van der Waals surface area contributed by atoms with E-state index in [1.54, 1.807) is 30.3 Å². The SMILES string of the molecule is Cc1ccc(S(=O)(=O)N(CC(=O)N/N=C\c2ccccc2OCc2ccccc2)c2ccccc2F)cc1. The number of para-hydroxylation sites is 2. The molecule has 0 fully saturated rings. The van der Waals surface area contributed by atoms with Crippen molar-refractivity contribution in [1.29, 1.82) is 0 Å². The van der Waals surface area contributed by atoms with Crippen molar-refractivity contribution in [2.75, 3.05) is 10.8 Å². The van der Waals surface area contributed by atoms with Crippen molar-refractivity contribution in [3.8, 4) is 5.75 Å². The summed E-state index contributed by atoms with van der Waals surface area (Å²) in [5, 5.41) is 3.97. The van der Waals surface area contributed by atoms with Gasteiger partial charge in [-0.3, -0.25) is 9.10 Å². The number of amides is 1. The standard InChI is InChI=1S/C29H26FN3O4S/c1-22-15-17-25(18-16-22)38(35,36)33(27-13-7-6-12-26(27)30)20-29(34)32-31-19-24-11-5-8-14-28(24)37-21-23-9-3-2-4-10-23/h2-19H,20-21H2,1H3,(H,32,34)/b31-19-. The second kappa shape index (κ2) is 12.2. The smallest absolute Gasteiger partial charge is 0.264 e. The maximum Gasteiger partial charge on any atom is 0.264 e. The largest absolute Gasteiger partial charge is 0.488 e. The molecule has 1 N–H and O–H groups in total. The number of aryl methyl sites for hydroxylation is 1. The molecule has 194 valence electrons. The predicted octanol–water partition coefficient (Wildman–Crippen LogP) is 5.06. The highest BCUT2D eigenvalue weighted by molar-refractivity contribution is 7.92. The molecule has 4 aromatic carbocycles. The van der Waals surface area contributed by atoms with Gasteiger partial charge < -0.3 is 4.74 Å². The van der Waals surface area contributed by atoms with Crippen LogP contribution in [-0.4, -0.2) is 27.1 Å². The first-order valence-electron chi connectivity index (χ1n) is 11.8. The molecule has 38 heavy (non-hydrogen) atoms. The lowest BCUT2D eigenvalue weighted by Gasteiger charge is -2.24. The summed E-state index contributed by atoms with van der Waals surface area (Å²) in [6, 6.07) is 28.3. The zero-order chi connectivity index (χ0) is 27.0. The molecule has 0 bridgehead atoms. The topological polar surface area (TPSA) is 88.1 Å². The molecule has 0 unspecified atom stereocenters. The normalized spacial score (nSPS) is 11.3. The van der Waals surface area contributed by atoms with Gasteiger partial charge in [0.1, 0.15) is 24.7 Å². The zero-order valence-corrected chi connectivity index (χ0v) is 21.4. The average molecular weight is 532 g/mol. The quantitative estimate of drug-likeness (QED) is 0.229. The number of hydrogen-bond donors (Lipinski definition) is 1. The highest BCUT2D eigenvalue weighted by atomic mass is 32.2. The fourth-order valence-electron chi connectivity index (χ4n) is 3.58. The molecule has 0 radical (unpaired) electrons. The number of anilines is 1. The van der Waals surface area contributed by atoms with Crippen LogP contribution in [0.1, 0.15) is 16.7 Å². The van der Waals surface area contributed by atoms with Gasteiger partial charge in [-0.05, 0) is 48.9 Å². The van der Waals surface area contributed by atoms with Crippen LogP contribution in [0.5, 0.6) is 5.75 Å². The molecule has 4 rings (SSSR count). The number of benzene rings is 4. The van der Waals surface area contributed by atoms with Crippen molar-refractivity contribution < 1.29 is 22.3 Å². The third kappa shape index (κ3) is 6.63. The van der Waals surface area contributed by atoms with E-state index in [2.05, 4.69) is 10.5 Å². The molecule has 0 aromatic heterocycles. The summed E-state index contributed by atoms with van der Waals surface area (Å²) in [4.78, 5) is 12.7. The second-order valence-corrected chi connectivity index (χ2v) is 10.2. The number of nitrogens with zero attached hydrogens (tertiary/aromatic N) is 2. The molecule has 7 nitrogen and oxygen atoms in total. The van der Waals surface area contributed by atoms with Crippen LogP contribution in [0.25, 0.3) is 0 Å². The Bertz CT molecular complexity index is 1530. The van der Waals surface area contributed by atoms with Gasteiger partial charge >= 0.3 is 0 Å². The molecule has 0 saturated heterocycles. The highest BCUT2D eigenvalue weighted by Crippen LogP contribution is 2.26. The number of hydrogen-bond acceptors (Lipinski definition) is 5. The summed E-state index contributed by atoms with van der Waals surface area (Å²) in [7, 11) is -4.25. The van der Waals surface area contributed by atoms with Gasteiger partial charge in [-0.1, -0.05) is 72.3 Å². The lowest BCUT2D eigenvalue weighted by molar-refractivity contribution is -0.119. The van der Waals surface area contributed by atoms with Gasteiger partial charge in [0.25, 0.3) is 15.9 Å². The average Bonchev–Trinajstić information content (AvgIpc) is 2.92. The number of ether oxygens (including phenoxy) is 1. The van der Waals surface area contributed by atoms with Crippen LogP contribution < -0.4 is 14.5 Å². The van der Waals surface area contributed by atoms with Crippen LogP contribution in [0.15, 0.2) is 113 Å². The number of rotatable bonds is 10. The van der Waals surface area contributed by atoms with Gasteiger partial charge in [0.2, 0.25) is 0 Å². The number of hydrazone groups is 1. The van der Waals surface area contributed by atoms with E-state index in [4.69, 9.17) is 4.74 Å². The Hall–Kier alpha value is -4.50. The highest BCUT2D eigenvalue weighted by Gasteiger charge is 2.29. The van der Waals surface area contributed by atoms with E-state index >= 15 is 0 Å². The van der Waals surface area contributed by atoms with E-state index in [1.807, 2.05) is 43.3 Å². The van der Waals surface area contributed by atoms with Crippen molar-refractivity contribution in [2.45, 2.75) is 18.4 Å². The Morgan fingerprint density at radius 3 is 2.32 bits per heavy atom. The molecule has 0 saturated carbocycles. The van der Waals surface area contributed by atoms with Crippen molar-refractivity contribution >= 4 is 27.8 Å². The van der Waals surface area contributed by atoms with Crippen molar-refractivity contribution in [1.82, 2.24) is 5.43 Å². The molecule has 4 aromatic rings. The number of carbonyl (C=O) groups excluding carboxylic acids is 1. The molecule has 1 amide bonds. The van der Waals surface area contributed by atoms with Gasteiger partial charge in [0.05, 0.1) is 16.8 Å². The van der Waals surface area contributed by atoms with E-state index in [0.29, 0.717) is 17.9 Å². The number of nitrogens with one attached hydrogen (secondary N) is 1. The summed E-state index contributed by atoms with van der Waals surface area (Å²) in [6.07, 6.45) is 1.40. The van der Waals surface area contributed by atoms with Crippen LogP contribution in [0.3, 0.4) is 0 Å². The second-order valence-electron chi connectivity index (χ2n) is 8.38. The third-order valence-electron chi connectivity index (χ3n) is 5.57. The lowest BCUT2D eigenvalue weighted by atomic mass is 10.2. The molecule has 0 aliphatic rings. The summed E-state index contributed by atoms with van der Waals surface area (Å²) in [5.41, 5.74) is 4.56. The Balaban J connectivity index is 1.50. The fraction of sp³-hybridized carbons (Fsp3) is 0.103. The minimum atomic E-state index is -4.25. The molecule has 0 heterocycles. The van der Waals surface area contributed by atoms with Crippen LogP contribution in [0.4, 0.5) is 10.1 Å². The summed E-state index contributed by atoms with van der Waals surface area (Å²) < 4.78 is 48.0. The van der Waals surface area contributed by atoms with Gasteiger partial charge in [-0.15, -0.1) is 0 Å². The van der Waals surface area contributed by atoms with Gasteiger partial charge in [-0.2, -0.15) is 5.10 Å². The van der Waals surface area contributed by atoms with Crippen LogP contribution in [0, 0.1) is 12.7 Å². The summed E-state index contributed by atoms with van der Waals surface area (Å²) in [5.74, 6) is -0.962. The van der Waals surface area contributed by atoms with Gasteiger partial charge in [0, 0.05) is 5.56 Å². The molecule has 0 spiro atoms.